The fraction of sp³-hybridized carbons (Fsp3) is 0.0455. The zero-order chi connectivity index (χ0) is 22.4. The van der Waals surface area contributed by atoms with E-state index in [0.29, 0.717) is 31.9 Å². The standard InChI is InChI=1S/C22H15BrCl2N2O4/c1-30-19-10-13(12-26-27-21(28)15-7-8-17(24)18(25)11-15)9-16(23)20(19)31-22(29)14-5-3-2-4-6-14/h2-12H,1H3,(H,27,28)/b26-12-. The highest BCUT2D eigenvalue weighted by Gasteiger charge is 2.16. The maximum Gasteiger partial charge on any atom is 0.343 e. The van der Waals surface area contributed by atoms with Crippen molar-refractivity contribution in [2.45, 2.75) is 0 Å². The molecule has 0 saturated carbocycles. The Hall–Kier alpha value is -2.87. The summed E-state index contributed by atoms with van der Waals surface area (Å²) < 4.78 is 11.3. The van der Waals surface area contributed by atoms with Crippen LogP contribution in [0.25, 0.3) is 0 Å². The first-order valence-corrected chi connectivity index (χ1v) is 10.4. The van der Waals surface area contributed by atoms with Gasteiger partial charge in [0.2, 0.25) is 0 Å². The van der Waals surface area contributed by atoms with Gasteiger partial charge in [0, 0.05) is 5.56 Å². The zero-order valence-electron chi connectivity index (χ0n) is 16.1. The maximum absolute atomic E-state index is 12.4. The summed E-state index contributed by atoms with van der Waals surface area (Å²) in [5.41, 5.74) is 3.72. The number of hydrogen-bond acceptors (Lipinski definition) is 5. The third kappa shape index (κ3) is 5.85. The van der Waals surface area contributed by atoms with Crippen LogP contribution < -0.4 is 14.9 Å². The predicted octanol–water partition coefficient (Wildman–Crippen LogP) is 5.75. The van der Waals surface area contributed by atoms with Gasteiger partial charge < -0.3 is 9.47 Å². The molecule has 158 valence electrons. The molecule has 3 aromatic carbocycles. The second-order valence-corrected chi connectivity index (χ2v) is 7.79. The van der Waals surface area contributed by atoms with Gasteiger partial charge in [-0.3, -0.25) is 4.79 Å². The highest BCUT2D eigenvalue weighted by molar-refractivity contribution is 9.10. The fourth-order valence-corrected chi connectivity index (χ4v) is 3.35. The third-order valence-corrected chi connectivity index (χ3v) is 5.35. The van der Waals surface area contributed by atoms with Crippen molar-refractivity contribution in [1.82, 2.24) is 5.43 Å². The van der Waals surface area contributed by atoms with Crippen LogP contribution in [0.2, 0.25) is 10.0 Å². The van der Waals surface area contributed by atoms with Gasteiger partial charge in [0.1, 0.15) is 0 Å². The predicted molar refractivity (Wildman–Crippen MR) is 124 cm³/mol. The summed E-state index contributed by atoms with van der Waals surface area (Å²) in [6, 6.07) is 16.4. The highest BCUT2D eigenvalue weighted by atomic mass is 79.9. The average molecular weight is 522 g/mol. The van der Waals surface area contributed by atoms with Gasteiger partial charge in [-0.15, -0.1) is 0 Å². The molecule has 31 heavy (non-hydrogen) atoms. The number of benzene rings is 3. The molecule has 0 unspecified atom stereocenters. The molecule has 0 aliphatic rings. The maximum atomic E-state index is 12.4. The van der Waals surface area contributed by atoms with E-state index in [-0.39, 0.29) is 10.8 Å². The molecule has 3 rings (SSSR count). The van der Waals surface area contributed by atoms with Crippen LogP contribution in [0.15, 0.2) is 70.2 Å². The van der Waals surface area contributed by atoms with Gasteiger partial charge >= 0.3 is 5.97 Å². The van der Waals surface area contributed by atoms with Crippen molar-refractivity contribution < 1.29 is 19.1 Å². The Morgan fingerprint density at radius 2 is 1.74 bits per heavy atom. The molecule has 0 aliphatic heterocycles. The average Bonchev–Trinajstić information content (AvgIpc) is 2.77. The second-order valence-electron chi connectivity index (χ2n) is 6.12. The van der Waals surface area contributed by atoms with E-state index in [1.54, 1.807) is 36.4 Å². The van der Waals surface area contributed by atoms with E-state index in [9.17, 15) is 9.59 Å². The fourth-order valence-electron chi connectivity index (χ4n) is 2.51. The Labute approximate surface area is 196 Å². The number of amides is 1. The molecule has 0 atom stereocenters. The quantitative estimate of drug-likeness (QED) is 0.194. The third-order valence-electron chi connectivity index (χ3n) is 4.02. The summed E-state index contributed by atoms with van der Waals surface area (Å²) in [4.78, 5) is 24.5. The lowest BCUT2D eigenvalue weighted by atomic mass is 10.2. The lowest BCUT2D eigenvalue weighted by molar-refractivity contribution is 0.0728. The number of methoxy groups -OCH3 is 1. The number of halogens is 3. The molecular formula is C22H15BrCl2N2O4. The van der Waals surface area contributed by atoms with Crippen LogP contribution in [0, 0.1) is 0 Å². The lowest BCUT2D eigenvalue weighted by Gasteiger charge is -2.12. The Morgan fingerprint density at radius 1 is 1.00 bits per heavy atom. The van der Waals surface area contributed by atoms with E-state index in [0.717, 1.165) is 0 Å². The molecule has 1 N–H and O–H groups in total. The Balaban J connectivity index is 1.73. The molecule has 0 bridgehead atoms. The number of rotatable bonds is 6. The van der Waals surface area contributed by atoms with Crippen molar-refractivity contribution in [2.24, 2.45) is 5.10 Å². The molecule has 0 aromatic heterocycles. The summed E-state index contributed by atoms with van der Waals surface area (Å²) in [7, 11) is 1.45. The molecule has 9 heteroatoms. The highest BCUT2D eigenvalue weighted by Crippen LogP contribution is 2.36. The van der Waals surface area contributed by atoms with Gasteiger partial charge in [0.15, 0.2) is 11.5 Å². The monoisotopic (exact) mass is 520 g/mol. The Bertz CT molecular complexity index is 1150. The molecule has 0 fully saturated rings. The molecule has 1 amide bonds. The van der Waals surface area contributed by atoms with Crippen LogP contribution in [-0.4, -0.2) is 25.2 Å². The van der Waals surface area contributed by atoms with E-state index in [1.165, 1.54) is 31.5 Å². The van der Waals surface area contributed by atoms with Crippen LogP contribution in [0.3, 0.4) is 0 Å². The number of hydrogen-bond donors (Lipinski definition) is 1. The van der Waals surface area contributed by atoms with Crippen molar-refractivity contribution >= 4 is 57.2 Å². The number of ether oxygens (including phenoxy) is 2. The van der Waals surface area contributed by atoms with Crippen molar-refractivity contribution in [1.29, 1.82) is 0 Å². The number of hydrazone groups is 1. The first-order valence-electron chi connectivity index (χ1n) is 8.82. The summed E-state index contributed by atoms with van der Waals surface area (Å²) in [6.45, 7) is 0. The number of nitrogens with one attached hydrogen (secondary N) is 1. The van der Waals surface area contributed by atoms with Gasteiger partial charge in [-0.1, -0.05) is 41.4 Å². The van der Waals surface area contributed by atoms with E-state index in [2.05, 4.69) is 26.5 Å². The van der Waals surface area contributed by atoms with E-state index in [1.807, 2.05) is 6.07 Å². The largest absolute Gasteiger partial charge is 0.493 e. The van der Waals surface area contributed by atoms with Crippen molar-refractivity contribution in [3.05, 3.63) is 91.9 Å². The van der Waals surface area contributed by atoms with Gasteiger partial charge in [-0.2, -0.15) is 5.10 Å². The normalized spacial score (nSPS) is 10.7. The van der Waals surface area contributed by atoms with Crippen molar-refractivity contribution in [3.63, 3.8) is 0 Å². The summed E-state index contributed by atoms with van der Waals surface area (Å²) in [5, 5.41) is 4.56. The number of carbonyl (C=O) groups is 2. The van der Waals surface area contributed by atoms with Gasteiger partial charge in [-0.25, -0.2) is 10.2 Å². The summed E-state index contributed by atoms with van der Waals surface area (Å²) >= 11 is 15.2. The topological polar surface area (TPSA) is 77.0 Å². The molecule has 6 nitrogen and oxygen atoms in total. The van der Waals surface area contributed by atoms with E-state index in [4.69, 9.17) is 32.7 Å². The van der Waals surface area contributed by atoms with Crippen LogP contribution in [-0.2, 0) is 0 Å². The molecule has 0 heterocycles. The summed E-state index contributed by atoms with van der Waals surface area (Å²) in [5.74, 6) is -0.423. The molecular weight excluding hydrogens is 507 g/mol. The first kappa shape index (κ1) is 22.8. The van der Waals surface area contributed by atoms with Crippen LogP contribution in [0.4, 0.5) is 0 Å². The van der Waals surface area contributed by atoms with Crippen molar-refractivity contribution in [3.8, 4) is 11.5 Å². The lowest BCUT2D eigenvalue weighted by Crippen LogP contribution is -2.17. The van der Waals surface area contributed by atoms with Gasteiger partial charge in [-0.05, 0) is 64.0 Å². The first-order chi connectivity index (χ1) is 14.9. The number of esters is 1. The van der Waals surface area contributed by atoms with Crippen LogP contribution in [0.5, 0.6) is 11.5 Å². The molecule has 0 aliphatic carbocycles. The van der Waals surface area contributed by atoms with E-state index < -0.39 is 11.9 Å². The van der Waals surface area contributed by atoms with Crippen molar-refractivity contribution in [2.75, 3.05) is 7.11 Å². The minimum Gasteiger partial charge on any atom is -0.493 e. The summed E-state index contributed by atoms with van der Waals surface area (Å²) in [6.07, 6.45) is 1.42. The molecule has 0 saturated heterocycles. The van der Waals surface area contributed by atoms with Crippen LogP contribution in [0.1, 0.15) is 26.3 Å². The van der Waals surface area contributed by atoms with Gasteiger partial charge in [0.25, 0.3) is 5.91 Å². The minimum atomic E-state index is -0.519. The van der Waals surface area contributed by atoms with Gasteiger partial charge in [0.05, 0.1) is 33.4 Å². The molecule has 0 radical (unpaired) electrons. The Kier molecular flexibility index (Phi) is 7.68. The Morgan fingerprint density at radius 3 is 2.42 bits per heavy atom. The SMILES string of the molecule is COc1cc(/C=N\NC(=O)c2ccc(Cl)c(Cl)c2)cc(Br)c1OC(=O)c1ccccc1. The zero-order valence-corrected chi connectivity index (χ0v) is 19.2. The number of nitrogens with zero attached hydrogens (tertiary/aromatic N) is 1. The molecule has 0 spiro atoms. The minimum absolute atomic E-state index is 0.230. The van der Waals surface area contributed by atoms with E-state index >= 15 is 0 Å². The number of carbonyl (C=O) groups excluding carboxylic acids is 2. The smallest absolute Gasteiger partial charge is 0.343 e. The van der Waals surface area contributed by atoms with Crippen LogP contribution >= 0.6 is 39.1 Å². The second kappa shape index (κ2) is 10.4. The molecule has 3 aromatic rings.